The van der Waals surface area contributed by atoms with Gasteiger partial charge < -0.3 is 15.5 Å². The number of rotatable bonds is 61. The van der Waals surface area contributed by atoms with Gasteiger partial charge in [0, 0.05) is 6.42 Å². The summed E-state index contributed by atoms with van der Waals surface area (Å²) in [6.45, 7) is 4.18. The Hall–Kier alpha value is -3.99. The number of carbonyl (C=O) groups excluding carboxylic acids is 1. The summed E-state index contributed by atoms with van der Waals surface area (Å²) >= 11 is 0. The number of hydrogen-bond donors (Lipinski definition) is 3. The average Bonchev–Trinajstić information content (AvgIpc) is 3.47. The van der Waals surface area contributed by atoms with Gasteiger partial charge in [0.25, 0.3) is 0 Å². The maximum absolute atomic E-state index is 12.5. The van der Waals surface area contributed by atoms with E-state index in [2.05, 4.69) is 165 Å². The van der Waals surface area contributed by atoms with Crippen molar-refractivity contribution in [1.82, 2.24) is 5.32 Å². The third-order valence-corrected chi connectivity index (χ3v) is 14.7. The standard InChI is InChI=1S/C77H129NO3/c1-3-5-7-9-11-13-15-17-19-21-23-25-27-29-31-33-35-37-38-39-40-41-43-45-47-49-51-53-55-57-59-61-63-65-67-69-71-73-77(81)78-75(74-79)76(80)72-70-68-66-64-62-60-58-56-54-52-50-48-46-44-42-36-34-32-30-28-26-24-22-20-18-16-14-12-10-8-6-4-2/h5,7,11,13,17,19,23,25,29,31,35,37,39-40,43,45,49,51,55,57,61-64,70,72,75-76,79-80H,3-4,6,8-10,12,14-16,18,20-22,24,26-28,30,32-34,36,38,41-42,44,46-48,50,52-54,56,58-60,65-69,71,73-74H2,1-2H3,(H,78,81)/b7-5-,13-11-,19-17-,25-23-,31-29-,37-35-,40-39-,45-43-,51-49-,57-55-,63-61-,64-62+,72-70+. The summed E-state index contributed by atoms with van der Waals surface area (Å²) < 4.78 is 0. The molecule has 0 aromatic carbocycles. The van der Waals surface area contributed by atoms with Gasteiger partial charge in [-0.2, -0.15) is 0 Å². The highest BCUT2D eigenvalue weighted by Gasteiger charge is 2.18. The van der Waals surface area contributed by atoms with Crippen molar-refractivity contribution in [2.24, 2.45) is 0 Å². The molecular formula is C77H129NO3. The van der Waals surface area contributed by atoms with E-state index in [1.165, 1.54) is 167 Å². The molecule has 4 nitrogen and oxygen atoms in total. The highest BCUT2D eigenvalue weighted by atomic mass is 16.3. The molecule has 81 heavy (non-hydrogen) atoms. The highest BCUT2D eigenvalue weighted by molar-refractivity contribution is 5.76. The first-order chi connectivity index (χ1) is 40.2. The van der Waals surface area contributed by atoms with E-state index in [0.717, 1.165) is 116 Å². The van der Waals surface area contributed by atoms with E-state index < -0.39 is 12.1 Å². The molecule has 0 aromatic heterocycles. The van der Waals surface area contributed by atoms with Crippen LogP contribution in [-0.2, 0) is 4.79 Å². The van der Waals surface area contributed by atoms with E-state index >= 15 is 0 Å². The van der Waals surface area contributed by atoms with Crippen molar-refractivity contribution in [3.8, 4) is 0 Å². The first-order valence-electron chi connectivity index (χ1n) is 34.2. The number of aliphatic hydroxyl groups excluding tert-OH is 2. The summed E-state index contributed by atoms with van der Waals surface area (Å²) in [7, 11) is 0. The summed E-state index contributed by atoms with van der Waals surface area (Å²) in [4.78, 5) is 12.5. The lowest BCUT2D eigenvalue weighted by molar-refractivity contribution is -0.123. The predicted molar refractivity (Wildman–Crippen MR) is 363 cm³/mol. The number of amides is 1. The molecule has 2 unspecified atom stereocenters. The minimum Gasteiger partial charge on any atom is -0.394 e. The molecule has 0 aromatic rings. The van der Waals surface area contributed by atoms with Gasteiger partial charge in [-0.1, -0.05) is 339 Å². The molecule has 0 saturated carbocycles. The van der Waals surface area contributed by atoms with E-state index in [-0.39, 0.29) is 12.5 Å². The van der Waals surface area contributed by atoms with Crippen molar-refractivity contribution in [1.29, 1.82) is 0 Å². The third-order valence-electron chi connectivity index (χ3n) is 14.7. The van der Waals surface area contributed by atoms with Crippen LogP contribution in [0.5, 0.6) is 0 Å². The smallest absolute Gasteiger partial charge is 0.220 e. The molecule has 0 saturated heterocycles. The molecule has 0 radical (unpaired) electrons. The molecule has 0 aliphatic carbocycles. The predicted octanol–water partition coefficient (Wildman–Crippen LogP) is 23.6. The van der Waals surface area contributed by atoms with Crippen LogP contribution in [0.1, 0.15) is 303 Å². The van der Waals surface area contributed by atoms with Crippen LogP contribution in [0.15, 0.2) is 158 Å². The summed E-state index contributed by atoms with van der Waals surface area (Å²) in [6.07, 6.45) is 112. The van der Waals surface area contributed by atoms with E-state index in [4.69, 9.17) is 0 Å². The van der Waals surface area contributed by atoms with Gasteiger partial charge in [0.1, 0.15) is 0 Å². The van der Waals surface area contributed by atoms with Crippen molar-refractivity contribution < 1.29 is 15.0 Å². The molecule has 0 aliphatic heterocycles. The normalized spacial score (nSPS) is 13.8. The molecule has 0 fully saturated rings. The van der Waals surface area contributed by atoms with Crippen LogP contribution >= 0.6 is 0 Å². The van der Waals surface area contributed by atoms with Crippen LogP contribution in [0.25, 0.3) is 0 Å². The number of nitrogens with one attached hydrogen (secondary N) is 1. The van der Waals surface area contributed by atoms with Gasteiger partial charge in [-0.3, -0.25) is 4.79 Å². The second-order valence-electron chi connectivity index (χ2n) is 22.5. The van der Waals surface area contributed by atoms with Gasteiger partial charge in [-0.05, 0) is 116 Å². The Bertz CT molecular complexity index is 1690. The number of carbonyl (C=O) groups is 1. The number of hydrogen-bond acceptors (Lipinski definition) is 3. The van der Waals surface area contributed by atoms with Gasteiger partial charge in [0.2, 0.25) is 5.91 Å². The molecule has 0 aliphatic rings. The Morgan fingerprint density at radius 3 is 0.864 bits per heavy atom. The monoisotopic (exact) mass is 1120 g/mol. The topological polar surface area (TPSA) is 69.6 Å². The first kappa shape index (κ1) is 77.0. The molecule has 0 spiro atoms. The SMILES string of the molecule is CC/C=C\C/C=C\C/C=C\C/C=C\C/C=C\C/C=C\C/C=C\C/C=C\C/C=C\C/C=C\C/C=C\CCCCCC(=O)NC(CO)C(O)/C=C/CC/C=C/CCCCCCCCCCCCCCCCCCCCCCCCCCCC. The van der Waals surface area contributed by atoms with Crippen LogP contribution in [0.2, 0.25) is 0 Å². The fourth-order valence-electron chi connectivity index (χ4n) is 9.61. The molecule has 1 amide bonds. The van der Waals surface area contributed by atoms with Gasteiger partial charge in [0.05, 0.1) is 18.8 Å². The molecule has 4 heteroatoms. The first-order valence-corrected chi connectivity index (χ1v) is 34.2. The van der Waals surface area contributed by atoms with Crippen molar-refractivity contribution >= 4 is 5.91 Å². The van der Waals surface area contributed by atoms with Crippen LogP contribution in [-0.4, -0.2) is 34.9 Å². The van der Waals surface area contributed by atoms with Crippen molar-refractivity contribution in [3.63, 3.8) is 0 Å². The van der Waals surface area contributed by atoms with Crippen LogP contribution < -0.4 is 5.32 Å². The summed E-state index contributed by atoms with van der Waals surface area (Å²) in [5.74, 6) is -0.109. The van der Waals surface area contributed by atoms with Crippen molar-refractivity contribution in [2.75, 3.05) is 6.61 Å². The van der Waals surface area contributed by atoms with E-state index in [9.17, 15) is 15.0 Å². The molecule has 460 valence electrons. The number of aliphatic hydroxyl groups is 2. The zero-order valence-corrected chi connectivity index (χ0v) is 53.0. The van der Waals surface area contributed by atoms with E-state index in [1.807, 2.05) is 6.08 Å². The van der Waals surface area contributed by atoms with Gasteiger partial charge in [-0.15, -0.1) is 0 Å². The molecule has 2 atom stereocenters. The van der Waals surface area contributed by atoms with Gasteiger partial charge in [-0.25, -0.2) is 0 Å². The molecule has 0 rings (SSSR count). The van der Waals surface area contributed by atoms with Crippen LogP contribution in [0.3, 0.4) is 0 Å². The highest BCUT2D eigenvalue weighted by Crippen LogP contribution is 2.17. The van der Waals surface area contributed by atoms with Crippen LogP contribution in [0, 0.1) is 0 Å². The molecular weight excluding hydrogens is 987 g/mol. The lowest BCUT2D eigenvalue weighted by atomic mass is 10.0. The lowest BCUT2D eigenvalue weighted by Gasteiger charge is -2.19. The van der Waals surface area contributed by atoms with Crippen molar-refractivity contribution in [2.45, 2.75) is 315 Å². The Morgan fingerprint density at radius 2 is 0.556 bits per heavy atom. The summed E-state index contributed by atoms with van der Waals surface area (Å²) in [6, 6.07) is -0.672. The third kappa shape index (κ3) is 66.7. The Morgan fingerprint density at radius 1 is 0.309 bits per heavy atom. The van der Waals surface area contributed by atoms with Gasteiger partial charge >= 0.3 is 0 Å². The van der Waals surface area contributed by atoms with E-state index in [1.54, 1.807) is 6.08 Å². The molecule has 3 N–H and O–H groups in total. The number of allylic oxidation sites excluding steroid dienone is 25. The fourth-order valence-corrected chi connectivity index (χ4v) is 9.61. The van der Waals surface area contributed by atoms with Crippen LogP contribution in [0.4, 0.5) is 0 Å². The minimum atomic E-state index is -0.891. The second kappa shape index (κ2) is 70.3. The molecule has 0 heterocycles. The largest absolute Gasteiger partial charge is 0.394 e. The zero-order chi connectivity index (χ0) is 58.4. The van der Waals surface area contributed by atoms with Gasteiger partial charge in [0.15, 0.2) is 0 Å². The molecule has 0 bridgehead atoms. The fraction of sp³-hybridized carbons (Fsp3) is 0.649. The summed E-state index contributed by atoms with van der Waals surface area (Å²) in [5, 5.41) is 23.2. The second-order valence-corrected chi connectivity index (χ2v) is 22.5. The lowest BCUT2D eigenvalue weighted by Crippen LogP contribution is -2.45. The Balaban J connectivity index is 3.66. The maximum atomic E-state index is 12.5. The Kier molecular flexibility index (Phi) is 66.8. The quantitative estimate of drug-likeness (QED) is 0.0420. The average molecular weight is 1120 g/mol. The minimum absolute atomic E-state index is 0.109. The number of unbranched alkanes of at least 4 members (excludes halogenated alkanes) is 30. The zero-order valence-electron chi connectivity index (χ0n) is 53.0. The summed E-state index contributed by atoms with van der Waals surface area (Å²) in [5.41, 5.74) is 0. The van der Waals surface area contributed by atoms with E-state index in [0.29, 0.717) is 6.42 Å². The maximum Gasteiger partial charge on any atom is 0.220 e. The van der Waals surface area contributed by atoms with Crippen molar-refractivity contribution in [3.05, 3.63) is 158 Å². The Labute approximate surface area is 503 Å².